The number of ether oxygens (including phenoxy) is 2. The van der Waals surface area contributed by atoms with Gasteiger partial charge in [0.05, 0.1) is 47.9 Å². The molecule has 2 aromatic carbocycles. The molecule has 0 spiro atoms. The van der Waals surface area contributed by atoms with E-state index in [0.717, 1.165) is 7.11 Å². The van der Waals surface area contributed by atoms with E-state index >= 15 is 0 Å². The lowest BCUT2D eigenvalue weighted by atomic mass is 9.75. The summed E-state index contributed by atoms with van der Waals surface area (Å²) in [6, 6.07) is 8.84. The molecule has 3 atom stereocenters. The number of allylic oxidation sites excluding steroid dienone is 4. The Bertz CT molecular complexity index is 2340. The van der Waals surface area contributed by atoms with E-state index < -0.39 is 64.0 Å². The van der Waals surface area contributed by atoms with Gasteiger partial charge in [-0.05, 0) is 94.3 Å². The van der Waals surface area contributed by atoms with Crippen molar-refractivity contribution in [2.75, 3.05) is 63.5 Å². The first-order valence-corrected chi connectivity index (χ1v) is 25.0. The molecule has 0 fully saturated rings. The number of benzene rings is 2. The summed E-state index contributed by atoms with van der Waals surface area (Å²) in [6.07, 6.45) is 7.71. The average Bonchev–Trinajstić information content (AvgIpc) is 3.53. The van der Waals surface area contributed by atoms with Crippen LogP contribution in [0.5, 0.6) is 0 Å². The predicted octanol–water partition coefficient (Wildman–Crippen LogP) is 4.82. The van der Waals surface area contributed by atoms with E-state index in [9.17, 15) is 53.0 Å². The van der Waals surface area contributed by atoms with Gasteiger partial charge in [-0.1, -0.05) is 6.08 Å². The van der Waals surface area contributed by atoms with Crippen molar-refractivity contribution in [1.82, 2.24) is 0 Å². The van der Waals surface area contributed by atoms with Crippen LogP contribution in [0.25, 0.3) is 0 Å². The van der Waals surface area contributed by atoms with Gasteiger partial charge < -0.3 is 24.0 Å². The molecular weight excluding hydrogens is 865 g/mol. The van der Waals surface area contributed by atoms with E-state index in [1.165, 1.54) is 24.3 Å². The Labute approximate surface area is 355 Å². The molecule has 17 nitrogen and oxygen atoms in total. The largest absolute Gasteiger partial charge is 0.481 e. The summed E-state index contributed by atoms with van der Waals surface area (Å²) in [7, 11) is -10.5. The number of aliphatic carboxylic acids is 1. The molecule has 0 saturated heterocycles. The Hall–Kier alpha value is -3.38. The number of methoxy groups -OCH3 is 1. The molecule has 4 N–H and O–H groups in total. The highest BCUT2D eigenvalue weighted by molar-refractivity contribution is 7.87. The van der Waals surface area contributed by atoms with Gasteiger partial charge in [-0.15, -0.1) is 0 Å². The third-order valence-corrected chi connectivity index (χ3v) is 14.5. The van der Waals surface area contributed by atoms with Crippen molar-refractivity contribution in [1.29, 1.82) is 0 Å². The monoisotopic (exact) mass is 919 g/mol. The summed E-state index contributed by atoms with van der Waals surface area (Å²) >= 11 is -2.10. The highest BCUT2D eigenvalue weighted by atomic mass is 32.2. The molecule has 21 heteroatoms. The number of carbonyl (C=O) groups is 1. The maximum Gasteiger partial charge on any atom is 0.303 e. The predicted molar refractivity (Wildman–Crippen MR) is 225 cm³/mol. The third-order valence-electron chi connectivity index (χ3n) is 11.0. The molecule has 2 aliphatic rings. The number of nitrogens with zero attached hydrogens (tertiary/aromatic N) is 2. The van der Waals surface area contributed by atoms with Crippen LogP contribution in [0.4, 0.5) is 11.4 Å². The van der Waals surface area contributed by atoms with Crippen molar-refractivity contribution in [3.8, 4) is 0 Å². The third kappa shape index (κ3) is 12.2. The van der Waals surface area contributed by atoms with E-state index in [1.807, 2.05) is 35.5 Å². The molecule has 0 radical (unpaired) electrons. The molecule has 2 aliphatic heterocycles. The lowest BCUT2D eigenvalue weighted by molar-refractivity contribution is -0.438. The van der Waals surface area contributed by atoms with Crippen molar-refractivity contribution < 1.29 is 71.3 Å². The normalized spacial score (nSPS) is 20.6. The van der Waals surface area contributed by atoms with E-state index in [4.69, 9.17) is 13.7 Å². The van der Waals surface area contributed by atoms with E-state index in [1.54, 1.807) is 25.3 Å². The lowest BCUT2D eigenvalue weighted by Crippen LogP contribution is -2.32. The van der Waals surface area contributed by atoms with Crippen LogP contribution in [0.1, 0.15) is 76.3 Å². The molecule has 2 aromatic rings. The maximum absolute atomic E-state index is 12.9. The molecule has 0 saturated carbocycles. The van der Waals surface area contributed by atoms with Gasteiger partial charge in [0, 0.05) is 66.8 Å². The molecule has 0 bridgehead atoms. The number of carboxylic acid groups (broad SMARTS) is 1. The number of hydrogen-bond acceptors (Lipinski definition) is 12. The number of unbranched alkanes of at least 4 members (excludes halogenated alkanes) is 2. The highest BCUT2D eigenvalue weighted by Gasteiger charge is 2.48. The van der Waals surface area contributed by atoms with Crippen LogP contribution in [0, 0.1) is 0 Å². The minimum absolute atomic E-state index is 0.00741. The summed E-state index contributed by atoms with van der Waals surface area (Å²) in [4.78, 5) is 12.7. The van der Waals surface area contributed by atoms with Crippen molar-refractivity contribution in [3.05, 3.63) is 71.5 Å². The number of carboxylic acids is 1. The Balaban J connectivity index is 1.93. The van der Waals surface area contributed by atoms with Crippen LogP contribution in [-0.4, -0.2) is 123 Å². The average molecular weight is 920 g/mol. The molecule has 0 aliphatic carbocycles. The zero-order valence-electron chi connectivity index (χ0n) is 34.1. The number of fused-ring (bicyclic) bond motifs is 2. The van der Waals surface area contributed by atoms with Gasteiger partial charge >= 0.3 is 5.97 Å². The van der Waals surface area contributed by atoms with E-state index in [2.05, 4.69) is 0 Å². The Morgan fingerprint density at radius 2 is 1.55 bits per heavy atom. The van der Waals surface area contributed by atoms with Gasteiger partial charge in [0.15, 0.2) is 16.8 Å². The van der Waals surface area contributed by atoms with Crippen molar-refractivity contribution >= 4 is 64.5 Å². The lowest BCUT2D eigenvalue weighted by Gasteiger charge is -2.30. The number of rotatable bonds is 25. The second-order valence-corrected chi connectivity index (χ2v) is 20.8. The van der Waals surface area contributed by atoms with E-state index in [0.29, 0.717) is 85.9 Å². The fourth-order valence-electron chi connectivity index (χ4n) is 7.99. The standard InChI is InChI=1S/C39H54N2O15S4/c1-38(18-9-25-57(44)45)31-27-29(59(49,50)51)14-16-34(31)41(21-22-56-24-23-54-3)36(38)12-8-11-35-39(2,19-10-26-58(46,47)48)32-28-30(60(52,53)55-4)15-17-33(32)40(35)20-7-5-6-13-37(42)43/h8,11-12,14-17,27-28H,5-7,9-10,13,18-26H2,1-4H3,(H3-,42,43,44,45,46,47,48,49,50,51)/p+1. The van der Waals surface area contributed by atoms with Crippen LogP contribution in [0.3, 0.4) is 0 Å². The summed E-state index contributed by atoms with van der Waals surface area (Å²) in [5, 5.41) is 9.19. The van der Waals surface area contributed by atoms with Gasteiger partial charge in [0.25, 0.3) is 30.4 Å². The van der Waals surface area contributed by atoms with Gasteiger partial charge in [-0.2, -0.15) is 29.8 Å². The zero-order chi connectivity index (χ0) is 44.5. The van der Waals surface area contributed by atoms with Crippen molar-refractivity contribution in [2.24, 2.45) is 0 Å². The van der Waals surface area contributed by atoms with Crippen LogP contribution >= 0.6 is 0 Å². The minimum Gasteiger partial charge on any atom is -0.481 e. The topological polar surface area (TPSA) is 251 Å². The number of anilines is 1. The Kier molecular flexibility index (Phi) is 17.0. The molecule has 2 heterocycles. The molecule has 334 valence electrons. The smallest absolute Gasteiger partial charge is 0.303 e. The molecule has 3 unspecified atom stereocenters. The van der Waals surface area contributed by atoms with Crippen LogP contribution < -0.4 is 4.90 Å². The summed E-state index contributed by atoms with van der Waals surface area (Å²) in [5.74, 6) is -1.52. The summed E-state index contributed by atoms with van der Waals surface area (Å²) in [6.45, 7) is 5.32. The molecular formula is C39H55N2O15S4+. The zero-order valence-corrected chi connectivity index (χ0v) is 37.4. The second kappa shape index (κ2) is 20.7. The van der Waals surface area contributed by atoms with Crippen LogP contribution in [0.15, 0.2) is 70.1 Å². The minimum atomic E-state index is -4.61. The van der Waals surface area contributed by atoms with Gasteiger partial charge in [0.2, 0.25) is 5.69 Å². The first-order valence-electron chi connectivity index (χ1n) is 19.3. The second-order valence-electron chi connectivity index (χ2n) is 15.0. The van der Waals surface area contributed by atoms with E-state index in [-0.39, 0.29) is 47.8 Å². The molecule has 60 heavy (non-hydrogen) atoms. The Morgan fingerprint density at radius 3 is 2.18 bits per heavy atom. The molecule has 4 rings (SSSR count). The Morgan fingerprint density at radius 1 is 0.867 bits per heavy atom. The maximum atomic E-state index is 12.9. The first-order chi connectivity index (χ1) is 28.1. The van der Waals surface area contributed by atoms with Crippen LogP contribution in [0.2, 0.25) is 0 Å². The summed E-state index contributed by atoms with van der Waals surface area (Å²) in [5.41, 5.74) is 1.76. The fraction of sp³-hybridized carbons (Fsp3) is 0.538. The summed E-state index contributed by atoms with van der Waals surface area (Å²) < 4.78 is 133. The molecule has 0 aromatic heterocycles. The van der Waals surface area contributed by atoms with Gasteiger partial charge in [0.1, 0.15) is 6.54 Å². The highest BCUT2D eigenvalue weighted by Crippen LogP contribution is 2.51. The van der Waals surface area contributed by atoms with Crippen molar-refractivity contribution in [2.45, 2.75) is 85.8 Å². The van der Waals surface area contributed by atoms with Crippen molar-refractivity contribution in [3.63, 3.8) is 0 Å². The van der Waals surface area contributed by atoms with Crippen LogP contribution in [-0.2, 0) is 70.7 Å². The molecule has 0 amide bonds. The SMILES string of the molecule is COCCOCCN1C(=CC=CC2=[N+](CCCCCC(=O)O)c3ccc(S(=O)(=O)OC)cc3C2(C)CCCS(=O)(=O)O)C(C)(CCCS(=O)O)c2cc(S(=O)(=O)O)ccc21. The quantitative estimate of drug-likeness (QED) is 0.0343. The first kappa shape index (κ1) is 49.3. The van der Waals surface area contributed by atoms with Gasteiger partial charge in [-0.3, -0.25) is 18.1 Å². The van der Waals surface area contributed by atoms with Gasteiger partial charge in [-0.25, -0.2) is 4.21 Å². The fourth-order valence-corrected chi connectivity index (χ4v) is 10.1. The number of hydrogen-bond donors (Lipinski definition) is 4.